The van der Waals surface area contributed by atoms with Crippen LogP contribution in [0.4, 0.5) is 0 Å². The Hall–Kier alpha value is -5.31. The van der Waals surface area contributed by atoms with Crippen LogP contribution < -0.4 is 28.4 Å². The average molecular weight is 543 g/mol. The Morgan fingerprint density at radius 1 is 0.450 bits per heavy atom. The second-order valence-corrected chi connectivity index (χ2v) is 8.25. The van der Waals surface area contributed by atoms with Crippen LogP contribution in [0.1, 0.15) is 36.6 Å². The number of hydrogen-bond donors (Lipinski definition) is 0. The minimum atomic E-state index is -0.690. The Kier molecular flexibility index (Phi) is 8.65. The molecular weight excluding hydrogens is 516 g/mol. The van der Waals surface area contributed by atoms with Crippen molar-refractivity contribution in [1.29, 1.82) is 0 Å². The number of ketones is 1. The average Bonchev–Trinajstić information content (AvgIpc) is 3.00. The molecule has 0 saturated carbocycles. The molecule has 0 saturated heterocycles. The van der Waals surface area contributed by atoms with E-state index in [-0.39, 0.29) is 56.8 Å². The Morgan fingerprint density at radius 3 is 1.10 bits per heavy atom. The highest BCUT2D eigenvalue weighted by molar-refractivity contribution is 6.14. The van der Waals surface area contributed by atoms with Gasteiger partial charge in [-0.2, -0.15) is 0 Å². The van der Waals surface area contributed by atoms with E-state index in [1.807, 2.05) is 0 Å². The first kappa shape index (κ1) is 27.7. The second kappa shape index (κ2) is 12.5. The summed E-state index contributed by atoms with van der Waals surface area (Å²) in [4.78, 5) is 39.9. The predicted octanol–water partition coefficient (Wildman–Crippen LogP) is 5.39. The van der Waals surface area contributed by atoms with Gasteiger partial charge in [0.2, 0.25) is 5.78 Å². The van der Waals surface area contributed by atoms with Gasteiger partial charge < -0.3 is 28.4 Å². The first-order chi connectivity index (χ1) is 19.4. The molecule has 0 fully saturated rings. The summed E-state index contributed by atoms with van der Waals surface area (Å²) in [5.74, 6) is -1.31. The van der Waals surface area contributed by atoms with Crippen molar-refractivity contribution in [3.63, 3.8) is 0 Å². The highest BCUT2D eigenvalue weighted by atomic mass is 16.5. The predicted molar refractivity (Wildman–Crippen MR) is 145 cm³/mol. The zero-order chi connectivity index (χ0) is 28.6. The molecular formula is C31H26O9. The van der Waals surface area contributed by atoms with Crippen LogP contribution in [0.3, 0.4) is 0 Å². The number of hydrogen-bond acceptors (Lipinski definition) is 9. The monoisotopic (exact) mass is 542 g/mol. The van der Waals surface area contributed by atoms with Gasteiger partial charge in [-0.05, 0) is 36.4 Å². The molecule has 0 N–H and O–H groups in total. The number of carbonyl (C=O) groups is 3. The maximum absolute atomic E-state index is 14.1. The first-order valence-corrected chi connectivity index (χ1v) is 12.0. The quantitative estimate of drug-likeness (QED) is 0.148. The first-order valence-electron chi connectivity index (χ1n) is 12.0. The van der Waals surface area contributed by atoms with E-state index in [2.05, 4.69) is 0 Å². The number of rotatable bonds is 10. The van der Waals surface area contributed by atoms with E-state index in [4.69, 9.17) is 28.4 Å². The van der Waals surface area contributed by atoms with Gasteiger partial charge in [0.15, 0.2) is 23.0 Å². The third kappa shape index (κ3) is 5.88. The number of esters is 2. The van der Waals surface area contributed by atoms with E-state index in [0.29, 0.717) is 0 Å². The van der Waals surface area contributed by atoms with Crippen molar-refractivity contribution >= 4 is 17.7 Å². The highest BCUT2D eigenvalue weighted by Crippen LogP contribution is 2.40. The molecule has 40 heavy (non-hydrogen) atoms. The minimum absolute atomic E-state index is 0.0499. The summed E-state index contributed by atoms with van der Waals surface area (Å²) in [5.41, 5.74) is 0.455. The van der Waals surface area contributed by atoms with Crippen molar-refractivity contribution in [3.8, 4) is 34.5 Å². The molecule has 9 heteroatoms. The van der Waals surface area contributed by atoms with Crippen LogP contribution in [0, 0.1) is 0 Å². The molecule has 4 rings (SSSR count). The van der Waals surface area contributed by atoms with Gasteiger partial charge in [0.25, 0.3) is 0 Å². The van der Waals surface area contributed by atoms with E-state index in [1.165, 1.54) is 52.7 Å². The molecule has 0 aliphatic heterocycles. The molecule has 0 amide bonds. The van der Waals surface area contributed by atoms with Crippen LogP contribution in [-0.2, 0) is 0 Å². The van der Waals surface area contributed by atoms with Crippen molar-refractivity contribution in [2.75, 3.05) is 28.4 Å². The molecule has 0 atom stereocenters. The molecule has 9 nitrogen and oxygen atoms in total. The summed E-state index contributed by atoms with van der Waals surface area (Å²) in [6.45, 7) is 0. The van der Waals surface area contributed by atoms with Crippen LogP contribution in [-0.4, -0.2) is 46.2 Å². The lowest BCUT2D eigenvalue weighted by atomic mass is 10.00. The van der Waals surface area contributed by atoms with Crippen molar-refractivity contribution in [1.82, 2.24) is 0 Å². The van der Waals surface area contributed by atoms with Crippen molar-refractivity contribution < 1.29 is 42.8 Å². The van der Waals surface area contributed by atoms with Gasteiger partial charge in [-0.3, -0.25) is 4.79 Å². The lowest BCUT2D eigenvalue weighted by Crippen LogP contribution is -2.15. The normalized spacial score (nSPS) is 10.3. The van der Waals surface area contributed by atoms with Crippen LogP contribution in [0.5, 0.6) is 34.5 Å². The number of methoxy groups -OCH3 is 4. The van der Waals surface area contributed by atoms with E-state index in [1.54, 1.807) is 60.7 Å². The van der Waals surface area contributed by atoms with Gasteiger partial charge in [0, 0.05) is 12.1 Å². The van der Waals surface area contributed by atoms with Gasteiger partial charge in [-0.1, -0.05) is 36.4 Å². The smallest absolute Gasteiger partial charge is 0.343 e. The van der Waals surface area contributed by atoms with Gasteiger partial charge in [-0.25, -0.2) is 9.59 Å². The van der Waals surface area contributed by atoms with Crippen LogP contribution in [0.15, 0.2) is 84.9 Å². The number of benzene rings is 4. The molecule has 4 aromatic rings. The molecule has 0 unspecified atom stereocenters. The third-order valence-corrected chi connectivity index (χ3v) is 5.89. The lowest BCUT2D eigenvalue weighted by molar-refractivity contribution is 0.0725. The van der Waals surface area contributed by atoms with Gasteiger partial charge in [0.1, 0.15) is 11.5 Å². The Bertz CT molecular complexity index is 1410. The minimum Gasteiger partial charge on any atom is -0.493 e. The maximum atomic E-state index is 14.1. The van der Waals surface area contributed by atoms with E-state index in [9.17, 15) is 14.4 Å². The molecule has 0 radical (unpaired) electrons. The van der Waals surface area contributed by atoms with Gasteiger partial charge in [-0.15, -0.1) is 0 Å². The number of ether oxygens (including phenoxy) is 6. The van der Waals surface area contributed by atoms with Crippen molar-refractivity contribution in [2.45, 2.75) is 0 Å². The Balaban J connectivity index is 1.84. The Labute approximate surface area is 230 Å². The third-order valence-electron chi connectivity index (χ3n) is 5.89. The van der Waals surface area contributed by atoms with Crippen LogP contribution >= 0.6 is 0 Å². The molecule has 0 aliphatic rings. The maximum Gasteiger partial charge on any atom is 0.343 e. The second-order valence-electron chi connectivity index (χ2n) is 8.25. The van der Waals surface area contributed by atoms with Crippen molar-refractivity contribution in [2.24, 2.45) is 0 Å². The topological polar surface area (TPSA) is 107 Å². The summed E-state index contributed by atoms with van der Waals surface area (Å²) in [6, 6.07) is 22.1. The van der Waals surface area contributed by atoms with E-state index < -0.39 is 17.7 Å². The Morgan fingerprint density at radius 2 is 0.775 bits per heavy atom. The van der Waals surface area contributed by atoms with Crippen LogP contribution in [0.25, 0.3) is 0 Å². The van der Waals surface area contributed by atoms with Crippen LogP contribution in [0.2, 0.25) is 0 Å². The molecule has 0 aromatic heterocycles. The van der Waals surface area contributed by atoms with E-state index >= 15 is 0 Å². The molecule has 0 heterocycles. The molecule has 0 spiro atoms. The van der Waals surface area contributed by atoms with Crippen molar-refractivity contribution in [3.05, 3.63) is 107 Å². The standard InChI is InChI=1S/C31H26O9/c1-35-25-15-21(23(17-27(25)37-3)39-30(33)19-11-7-5-8-12-19)29(32)22-16-26(36-2)28(38-4)18-24(22)40-31(34)20-13-9-6-10-14-20/h5-18H,1-4H3. The molecule has 0 bridgehead atoms. The summed E-state index contributed by atoms with van der Waals surface area (Å²) >= 11 is 0. The lowest BCUT2D eigenvalue weighted by Gasteiger charge is -2.17. The van der Waals surface area contributed by atoms with E-state index in [0.717, 1.165) is 0 Å². The molecule has 204 valence electrons. The zero-order valence-corrected chi connectivity index (χ0v) is 22.3. The summed E-state index contributed by atoms with van der Waals surface area (Å²) in [6.07, 6.45) is 0. The summed E-state index contributed by atoms with van der Waals surface area (Å²) in [7, 11) is 5.64. The fourth-order valence-corrected chi connectivity index (χ4v) is 3.86. The van der Waals surface area contributed by atoms with Gasteiger partial charge in [0.05, 0.1) is 50.7 Å². The zero-order valence-electron chi connectivity index (χ0n) is 22.3. The number of carbonyl (C=O) groups excluding carboxylic acids is 3. The SMILES string of the molecule is COc1cc(OC(=O)c2ccccc2)c(C(=O)c2cc(OC)c(OC)cc2OC(=O)c2ccccc2)cc1OC. The molecule has 4 aromatic carbocycles. The fourth-order valence-electron chi connectivity index (χ4n) is 3.86. The fraction of sp³-hybridized carbons (Fsp3) is 0.129. The largest absolute Gasteiger partial charge is 0.493 e. The summed E-state index contributed by atoms with van der Waals surface area (Å²) < 4.78 is 32.8. The molecule has 0 aliphatic carbocycles. The highest BCUT2D eigenvalue weighted by Gasteiger charge is 2.27. The van der Waals surface area contributed by atoms with Gasteiger partial charge >= 0.3 is 11.9 Å². The summed E-state index contributed by atoms with van der Waals surface area (Å²) in [5, 5.41) is 0.